The van der Waals surface area contributed by atoms with Crippen molar-refractivity contribution in [2.45, 2.75) is 19.9 Å². The summed E-state index contributed by atoms with van der Waals surface area (Å²) in [4.78, 5) is 3.70. The molecular weight excluding hydrogens is 174 g/mol. The predicted octanol–water partition coefficient (Wildman–Crippen LogP) is 2.49. The number of nitrogens with zero attached hydrogens (tertiary/aromatic N) is 2. The van der Waals surface area contributed by atoms with Crippen LogP contribution >= 0.6 is 11.6 Å². The quantitative estimate of drug-likeness (QED) is 0.684. The lowest BCUT2D eigenvalue weighted by Crippen LogP contribution is -2.01. The van der Waals surface area contributed by atoms with E-state index in [9.17, 15) is 8.78 Å². The molecule has 1 rings (SSSR count). The van der Waals surface area contributed by atoms with Gasteiger partial charge in [0.2, 0.25) is 0 Å². The summed E-state index contributed by atoms with van der Waals surface area (Å²) >= 11 is 5.42. The minimum absolute atomic E-state index is 0.113. The maximum absolute atomic E-state index is 12.1. The van der Waals surface area contributed by atoms with Crippen molar-refractivity contribution in [2.24, 2.45) is 0 Å². The monoisotopic (exact) mass is 180 g/mol. The first-order valence-electron chi connectivity index (χ1n) is 3.16. The molecule has 0 unspecified atom stereocenters. The zero-order valence-electron chi connectivity index (χ0n) is 5.89. The van der Waals surface area contributed by atoms with Crippen LogP contribution in [0.15, 0.2) is 6.20 Å². The zero-order chi connectivity index (χ0) is 8.43. The van der Waals surface area contributed by atoms with E-state index in [2.05, 4.69) is 4.98 Å². The molecular formula is C6H7ClF2N2. The molecule has 62 valence electrons. The highest BCUT2D eigenvalue weighted by Gasteiger charge is 2.11. The number of halogens is 3. The summed E-state index contributed by atoms with van der Waals surface area (Å²) in [6.07, 6.45) is 1.59. The fourth-order valence-corrected chi connectivity index (χ4v) is 1.03. The minimum atomic E-state index is -2.55. The molecule has 0 aromatic carbocycles. The molecule has 0 spiro atoms. The van der Waals surface area contributed by atoms with Crippen LogP contribution in [-0.2, 0) is 6.42 Å². The highest BCUT2D eigenvalue weighted by atomic mass is 35.5. The van der Waals surface area contributed by atoms with E-state index < -0.39 is 6.55 Å². The van der Waals surface area contributed by atoms with Crippen LogP contribution in [0.25, 0.3) is 0 Å². The summed E-state index contributed by atoms with van der Waals surface area (Å²) in [6.45, 7) is -0.803. The van der Waals surface area contributed by atoms with E-state index >= 15 is 0 Å². The van der Waals surface area contributed by atoms with Crippen LogP contribution in [-0.4, -0.2) is 9.55 Å². The van der Waals surface area contributed by atoms with Gasteiger partial charge in [-0.2, -0.15) is 8.78 Å². The number of hydrogen-bond acceptors (Lipinski definition) is 1. The van der Waals surface area contributed by atoms with E-state index in [1.807, 2.05) is 0 Å². The average molecular weight is 181 g/mol. The van der Waals surface area contributed by atoms with Gasteiger partial charge in [-0.1, -0.05) is 18.5 Å². The Morgan fingerprint density at radius 2 is 2.36 bits per heavy atom. The van der Waals surface area contributed by atoms with Crippen LogP contribution in [0.3, 0.4) is 0 Å². The Labute approximate surface area is 67.8 Å². The van der Waals surface area contributed by atoms with Crippen LogP contribution in [0.2, 0.25) is 5.15 Å². The maximum atomic E-state index is 12.1. The highest BCUT2D eigenvalue weighted by Crippen LogP contribution is 2.17. The molecule has 0 aliphatic rings. The van der Waals surface area contributed by atoms with Gasteiger partial charge in [0.25, 0.3) is 0 Å². The second-order valence-electron chi connectivity index (χ2n) is 2.02. The van der Waals surface area contributed by atoms with Gasteiger partial charge >= 0.3 is 6.55 Å². The van der Waals surface area contributed by atoms with Crippen molar-refractivity contribution in [3.63, 3.8) is 0 Å². The number of aryl methyl sites for hydroxylation is 1. The number of rotatable bonds is 2. The van der Waals surface area contributed by atoms with Crippen molar-refractivity contribution in [2.75, 3.05) is 0 Å². The number of aromatic nitrogens is 2. The normalized spacial score (nSPS) is 11.0. The third kappa shape index (κ3) is 1.68. The molecule has 11 heavy (non-hydrogen) atoms. The van der Waals surface area contributed by atoms with Crippen molar-refractivity contribution < 1.29 is 8.78 Å². The molecule has 0 atom stereocenters. The van der Waals surface area contributed by atoms with Gasteiger partial charge in [-0.25, -0.2) is 4.98 Å². The summed E-state index contributed by atoms with van der Waals surface area (Å²) < 4.78 is 25.0. The Morgan fingerprint density at radius 1 is 1.73 bits per heavy atom. The van der Waals surface area contributed by atoms with Crippen LogP contribution in [0.4, 0.5) is 8.78 Å². The lowest BCUT2D eigenvalue weighted by molar-refractivity contribution is 0.0672. The van der Waals surface area contributed by atoms with E-state index in [1.54, 1.807) is 6.92 Å². The molecule has 0 aliphatic heterocycles. The topological polar surface area (TPSA) is 17.8 Å². The molecule has 0 saturated heterocycles. The maximum Gasteiger partial charge on any atom is 0.319 e. The van der Waals surface area contributed by atoms with Crippen molar-refractivity contribution in [3.8, 4) is 0 Å². The summed E-state index contributed by atoms with van der Waals surface area (Å²) in [5.74, 6) is 0.310. The number of imidazole rings is 1. The van der Waals surface area contributed by atoms with Gasteiger partial charge in [0.05, 0.1) is 0 Å². The smallest absolute Gasteiger partial charge is 0.276 e. The molecule has 0 N–H and O–H groups in total. The van der Waals surface area contributed by atoms with Crippen molar-refractivity contribution in [1.29, 1.82) is 0 Å². The third-order valence-electron chi connectivity index (χ3n) is 1.31. The van der Waals surface area contributed by atoms with Crippen LogP contribution in [0.1, 0.15) is 19.3 Å². The fourth-order valence-electron chi connectivity index (χ4n) is 0.830. The molecule has 0 bridgehead atoms. The van der Waals surface area contributed by atoms with Crippen molar-refractivity contribution in [1.82, 2.24) is 9.55 Å². The second kappa shape index (κ2) is 3.17. The van der Waals surface area contributed by atoms with Gasteiger partial charge < -0.3 is 0 Å². The first-order chi connectivity index (χ1) is 5.15. The zero-order valence-corrected chi connectivity index (χ0v) is 6.65. The first-order valence-corrected chi connectivity index (χ1v) is 3.54. The molecule has 0 fully saturated rings. The van der Waals surface area contributed by atoms with Crippen molar-refractivity contribution in [3.05, 3.63) is 17.2 Å². The molecule has 1 aromatic heterocycles. The molecule has 1 aromatic rings. The van der Waals surface area contributed by atoms with Gasteiger partial charge in [0, 0.05) is 12.6 Å². The van der Waals surface area contributed by atoms with E-state index in [1.165, 1.54) is 0 Å². The Balaban J connectivity index is 3.02. The SMILES string of the molecule is CCc1nc(Cl)cn1C(F)F. The lowest BCUT2D eigenvalue weighted by atomic mass is 10.5. The summed E-state index contributed by atoms with van der Waals surface area (Å²) in [7, 11) is 0. The van der Waals surface area contributed by atoms with Crippen LogP contribution < -0.4 is 0 Å². The van der Waals surface area contributed by atoms with E-state index in [4.69, 9.17) is 11.6 Å². The molecule has 2 nitrogen and oxygen atoms in total. The van der Waals surface area contributed by atoms with E-state index in [0.717, 1.165) is 10.8 Å². The summed E-state index contributed by atoms with van der Waals surface area (Å²) in [6, 6.07) is 0. The molecule has 0 radical (unpaired) electrons. The van der Waals surface area contributed by atoms with Crippen LogP contribution in [0, 0.1) is 0 Å². The third-order valence-corrected chi connectivity index (χ3v) is 1.49. The highest BCUT2D eigenvalue weighted by molar-refractivity contribution is 6.29. The Kier molecular flexibility index (Phi) is 2.44. The minimum Gasteiger partial charge on any atom is -0.276 e. The van der Waals surface area contributed by atoms with Gasteiger partial charge in [-0.05, 0) is 0 Å². The molecule has 1 heterocycles. The average Bonchev–Trinajstić information content (AvgIpc) is 2.30. The first kappa shape index (κ1) is 8.46. The molecule has 0 saturated carbocycles. The standard InChI is InChI=1S/C6H7ClF2N2/c1-2-5-10-4(7)3-11(5)6(8)9/h3,6H,2H2,1H3. The van der Waals surface area contributed by atoms with Gasteiger partial charge in [-0.3, -0.25) is 4.57 Å². The largest absolute Gasteiger partial charge is 0.319 e. The summed E-state index contributed by atoms with van der Waals surface area (Å²) in [5.41, 5.74) is 0. The van der Waals surface area contributed by atoms with E-state index in [0.29, 0.717) is 12.2 Å². The lowest BCUT2D eigenvalue weighted by Gasteiger charge is -2.01. The predicted molar refractivity (Wildman–Crippen MR) is 37.9 cm³/mol. The van der Waals surface area contributed by atoms with Gasteiger partial charge in [0.1, 0.15) is 11.0 Å². The second-order valence-corrected chi connectivity index (χ2v) is 2.41. The molecule has 0 amide bonds. The van der Waals surface area contributed by atoms with Gasteiger partial charge in [0.15, 0.2) is 0 Å². The number of alkyl halides is 2. The van der Waals surface area contributed by atoms with Gasteiger partial charge in [-0.15, -0.1) is 0 Å². The molecule has 0 aliphatic carbocycles. The Bertz CT molecular complexity index is 247. The fraction of sp³-hybridized carbons (Fsp3) is 0.500. The number of hydrogen-bond donors (Lipinski definition) is 0. The Morgan fingerprint density at radius 3 is 2.73 bits per heavy atom. The van der Waals surface area contributed by atoms with Crippen LogP contribution in [0.5, 0.6) is 0 Å². The summed E-state index contributed by atoms with van der Waals surface area (Å²) in [5, 5.41) is 0.113. The molecule has 5 heteroatoms. The Hall–Kier alpha value is -0.640. The van der Waals surface area contributed by atoms with Crippen molar-refractivity contribution >= 4 is 11.6 Å². The van der Waals surface area contributed by atoms with E-state index in [-0.39, 0.29) is 5.15 Å².